The third-order valence-corrected chi connectivity index (χ3v) is 1.87. The summed E-state index contributed by atoms with van der Waals surface area (Å²) in [7, 11) is 1.79. The van der Waals surface area contributed by atoms with Gasteiger partial charge in [-0.3, -0.25) is 4.79 Å². The average molecular weight is 199 g/mol. The Bertz CT molecular complexity index is 325. The van der Waals surface area contributed by atoms with E-state index in [1.807, 2.05) is 6.07 Å². The molecular weight excluding hydrogens is 188 g/mol. The number of hydrogen-bond donors (Lipinski definition) is 2. The van der Waals surface area contributed by atoms with Crippen LogP contribution in [-0.2, 0) is 4.79 Å². The van der Waals surface area contributed by atoms with Crippen LogP contribution in [0.4, 0.5) is 11.4 Å². The minimum Gasteiger partial charge on any atom is -0.387 e. The minimum atomic E-state index is -0.103. The van der Waals surface area contributed by atoms with Crippen molar-refractivity contribution in [2.75, 3.05) is 17.7 Å². The molecule has 0 aliphatic rings. The predicted octanol–water partition coefficient (Wildman–Crippen LogP) is 2.34. The molecule has 2 N–H and O–H groups in total. The van der Waals surface area contributed by atoms with Crippen molar-refractivity contribution in [3.05, 3.63) is 23.2 Å². The van der Waals surface area contributed by atoms with Crippen molar-refractivity contribution >= 4 is 28.9 Å². The summed E-state index contributed by atoms with van der Waals surface area (Å²) < 4.78 is 0. The summed E-state index contributed by atoms with van der Waals surface area (Å²) in [6, 6.07) is 5.31. The van der Waals surface area contributed by atoms with Crippen molar-refractivity contribution in [1.82, 2.24) is 0 Å². The van der Waals surface area contributed by atoms with Gasteiger partial charge in [-0.15, -0.1) is 0 Å². The van der Waals surface area contributed by atoms with Crippen LogP contribution in [0.5, 0.6) is 0 Å². The summed E-state index contributed by atoms with van der Waals surface area (Å²) in [5.74, 6) is -0.103. The van der Waals surface area contributed by atoms with Crippen LogP contribution in [0.3, 0.4) is 0 Å². The number of hydrogen-bond acceptors (Lipinski definition) is 2. The number of nitrogens with one attached hydrogen (secondary N) is 2. The minimum absolute atomic E-state index is 0.103. The molecule has 1 rings (SSSR count). The highest BCUT2D eigenvalue weighted by atomic mass is 35.5. The Balaban J connectivity index is 2.89. The second-order valence-corrected chi connectivity index (χ2v) is 3.03. The third-order valence-electron chi connectivity index (χ3n) is 1.56. The lowest BCUT2D eigenvalue weighted by Crippen LogP contribution is -2.05. The molecule has 0 radical (unpaired) electrons. The number of amides is 1. The molecule has 0 aliphatic carbocycles. The van der Waals surface area contributed by atoms with Crippen LogP contribution in [0, 0.1) is 0 Å². The van der Waals surface area contributed by atoms with Crippen molar-refractivity contribution in [3.8, 4) is 0 Å². The molecule has 1 amide bonds. The number of halogens is 1. The lowest BCUT2D eigenvalue weighted by molar-refractivity contribution is -0.114. The molecule has 0 aliphatic heterocycles. The molecule has 13 heavy (non-hydrogen) atoms. The SMILES string of the molecule is CNc1ccc(NC(C)=O)cc1Cl. The molecule has 0 unspecified atom stereocenters. The van der Waals surface area contributed by atoms with E-state index in [-0.39, 0.29) is 5.91 Å². The number of carbonyl (C=O) groups is 1. The first-order chi connectivity index (χ1) is 6.13. The Morgan fingerprint density at radius 2 is 2.15 bits per heavy atom. The first-order valence-electron chi connectivity index (χ1n) is 3.88. The van der Waals surface area contributed by atoms with E-state index in [9.17, 15) is 4.79 Å². The van der Waals surface area contributed by atoms with E-state index in [0.717, 1.165) is 5.69 Å². The van der Waals surface area contributed by atoms with Crippen LogP contribution in [0.2, 0.25) is 5.02 Å². The second-order valence-electron chi connectivity index (χ2n) is 2.63. The maximum absolute atomic E-state index is 10.7. The molecule has 70 valence electrons. The van der Waals surface area contributed by atoms with Gasteiger partial charge in [0.1, 0.15) is 0 Å². The maximum atomic E-state index is 10.7. The highest BCUT2D eigenvalue weighted by Crippen LogP contribution is 2.24. The number of benzene rings is 1. The molecular formula is C9H11ClN2O. The quantitative estimate of drug-likeness (QED) is 0.766. The summed E-state index contributed by atoms with van der Waals surface area (Å²) >= 11 is 5.90. The van der Waals surface area contributed by atoms with E-state index in [0.29, 0.717) is 10.7 Å². The van der Waals surface area contributed by atoms with Crippen LogP contribution in [0.15, 0.2) is 18.2 Å². The fourth-order valence-electron chi connectivity index (χ4n) is 0.999. The standard InChI is InChI=1S/C9H11ClN2O/c1-6(13)12-7-3-4-9(11-2)8(10)5-7/h3-5,11H,1-2H3,(H,12,13). The van der Waals surface area contributed by atoms with E-state index in [2.05, 4.69) is 10.6 Å². The van der Waals surface area contributed by atoms with Crippen molar-refractivity contribution in [3.63, 3.8) is 0 Å². The Labute approximate surface area is 82.1 Å². The molecule has 0 saturated carbocycles. The average Bonchev–Trinajstić information content (AvgIpc) is 2.03. The Hall–Kier alpha value is -1.22. The van der Waals surface area contributed by atoms with Crippen molar-refractivity contribution in [2.45, 2.75) is 6.92 Å². The van der Waals surface area contributed by atoms with Gasteiger partial charge in [-0.1, -0.05) is 11.6 Å². The van der Waals surface area contributed by atoms with E-state index >= 15 is 0 Å². The normalized spacial score (nSPS) is 9.46. The fraction of sp³-hybridized carbons (Fsp3) is 0.222. The number of carbonyl (C=O) groups excluding carboxylic acids is 1. The topological polar surface area (TPSA) is 41.1 Å². The zero-order chi connectivity index (χ0) is 9.84. The molecule has 1 aromatic rings. The summed E-state index contributed by atoms with van der Waals surface area (Å²) in [6.45, 7) is 1.46. The zero-order valence-corrected chi connectivity index (χ0v) is 8.27. The van der Waals surface area contributed by atoms with Crippen LogP contribution in [0.25, 0.3) is 0 Å². The van der Waals surface area contributed by atoms with Crippen LogP contribution >= 0.6 is 11.6 Å². The van der Waals surface area contributed by atoms with Gasteiger partial charge >= 0.3 is 0 Å². The molecule has 4 heteroatoms. The first-order valence-corrected chi connectivity index (χ1v) is 4.26. The van der Waals surface area contributed by atoms with Gasteiger partial charge in [0, 0.05) is 19.7 Å². The summed E-state index contributed by atoms with van der Waals surface area (Å²) in [5, 5.41) is 6.17. The predicted molar refractivity (Wildman–Crippen MR) is 55.3 cm³/mol. The van der Waals surface area contributed by atoms with Gasteiger partial charge in [-0.2, -0.15) is 0 Å². The molecule has 0 saturated heterocycles. The van der Waals surface area contributed by atoms with Gasteiger partial charge in [0.2, 0.25) is 5.91 Å². The molecule has 0 heterocycles. The lowest BCUT2D eigenvalue weighted by Gasteiger charge is -2.06. The molecule has 0 spiro atoms. The van der Waals surface area contributed by atoms with Gasteiger partial charge < -0.3 is 10.6 Å². The van der Waals surface area contributed by atoms with Crippen molar-refractivity contribution in [2.24, 2.45) is 0 Å². The van der Waals surface area contributed by atoms with Crippen molar-refractivity contribution in [1.29, 1.82) is 0 Å². The molecule has 3 nitrogen and oxygen atoms in total. The monoisotopic (exact) mass is 198 g/mol. The molecule has 1 aromatic carbocycles. The maximum Gasteiger partial charge on any atom is 0.221 e. The first kappa shape index (κ1) is 9.86. The van der Waals surface area contributed by atoms with Gasteiger partial charge in [-0.25, -0.2) is 0 Å². The van der Waals surface area contributed by atoms with Crippen LogP contribution < -0.4 is 10.6 Å². The summed E-state index contributed by atoms with van der Waals surface area (Å²) in [4.78, 5) is 10.7. The van der Waals surface area contributed by atoms with E-state index < -0.39 is 0 Å². The van der Waals surface area contributed by atoms with Crippen LogP contribution in [-0.4, -0.2) is 13.0 Å². The van der Waals surface area contributed by atoms with Gasteiger partial charge in [0.15, 0.2) is 0 Å². The Morgan fingerprint density at radius 3 is 2.62 bits per heavy atom. The largest absolute Gasteiger partial charge is 0.387 e. The van der Waals surface area contributed by atoms with Crippen molar-refractivity contribution < 1.29 is 4.79 Å². The molecule has 0 aromatic heterocycles. The summed E-state index contributed by atoms with van der Waals surface area (Å²) in [5.41, 5.74) is 1.55. The third kappa shape index (κ3) is 2.63. The van der Waals surface area contributed by atoms with E-state index in [1.54, 1.807) is 19.2 Å². The smallest absolute Gasteiger partial charge is 0.221 e. The van der Waals surface area contributed by atoms with E-state index in [1.165, 1.54) is 6.92 Å². The fourth-order valence-corrected chi connectivity index (χ4v) is 1.27. The highest BCUT2D eigenvalue weighted by Gasteiger charge is 2.00. The Morgan fingerprint density at radius 1 is 1.46 bits per heavy atom. The zero-order valence-electron chi connectivity index (χ0n) is 7.52. The van der Waals surface area contributed by atoms with E-state index in [4.69, 9.17) is 11.6 Å². The van der Waals surface area contributed by atoms with Gasteiger partial charge in [0.05, 0.1) is 10.7 Å². The number of anilines is 2. The molecule has 0 atom stereocenters. The molecule has 0 bridgehead atoms. The van der Waals surface area contributed by atoms with Gasteiger partial charge in [-0.05, 0) is 18.2 Å². The second kappa shape index (κ2) is 4.14. The molecule has 0 fully saturated rings. The lowest BCUT2D eigenvalue weighted by atomic mass is 10.3. The van der Waals surface area contributed by atoms with Gasteiger partial charge in [0.25, 0.3) is 0 Å². The van der Waals surface area contributed by atoms with Crippen LogP contribution in [0.1, 0.15) is 6.92 Å². The number of rotatable bonds is 2. The highest BCUT2D eigenvalue weighted by molar-refractivity contribution is 6.33. The Kier molecular flexibility index (Phi) is 3.14. The summed E-state index contributed by atoms with van der Waals surface area (Å²) in [6.07, 6.45) is 0.